The van der Waals surface area contributed by atoms with Gasteiger partial charge in [-0.05, 0) is 31.2 Å². The average Bonchev–Trinajstić information content (AvgIpc) is 2.59. The summed E-state index contributed by atoms with van der Waals surface area (Å²) in [6.45, 7) is 10.4. The van der Waals surface area contributed by atoms with Crippen LogP contribution in [0, 0.1) is 18.9 Å². The van der Waals surface area contributed by atoms with Crippen LogP contribution in [-0.4, -0.2) is 70.1 Å². The number of amides is 1. The summed E-state index contributed by atoms with van der Waals surface area (Å²) < 4.78 is 16.2. The van der Waals surface area contributed by atoms with E-state index in [1.54, 1.807) is 0 Å². The Hall–Kier alpha value is 0.414. The van der Waals surface area contributed by atoms with Crippen molar-refractivity contribution < 1.29 is 51.7 Å². The summed E-state index contributed by atoms with van der Waals surface area (Å²) in [5.41, 5.74) is 0. The van der Waals surface area contributed by atoms with Crippen LogP contribution in [0.3, 0.4) is 0 Å². The maximum Gasteiger partial charge on any atom is 0.224 e. The molecule has 7 heteroatoms. The Bertz CT molecular complexity index is 324. The fourth-order valence-corrected chi connectivity index (χ4v) is 2.82. The Labute approximate surface area is 178 Å². The van der Waals surface area contributed by atoms with Gasteiger partial charge in [0.05, 0.1) is 46.1 Å². The fourth-order valence-electron chi connectivity index (χ4n) is 2.82. The number of hydrogen-bond donors (Lipinski definition) is 1. The van der Waals surface area contributed by atoms with Gasteiger partial charge < -0.3 is 24.4 Å². The Morgan fingerprint density at radius 2 is 1.56 bits per heavy atom. The zero-order valence-corrected chi connectivity index (χ0v) is 18.8. The first kappa shape index (κ1) is 25.4. The smallest absolute Gasteiger partial charge is 0.224 e. The minimum atomic E-state index is 0. The molecule has 1 radical (unpaired) electrons. The van der Waals surface area contributed by atoms with Gasteiger partial charge in [-0.1, -0.05) is 13.8 Å². The molecule has 1 saturated heterocycles. The van der Waals surface area contributed by atoms with E-state index in [0.29, 0.717) is 46.1 Å². The van der Waals surface area contributed by atoms with E-state index in [1.807, 2.05) is 4.90 Å². The molecule has 0 aromatic heterocycles. The van der Waals surface area contributed by atoms with Crippen molar-refractivity contribution in [2.45, 2.75) is 33.1 Å². The minimum absolute atomic E-state index is 0. The molecule has 25 heavy (non-hydrogen) atoms. The molecule has 0 atom stereocenters. The molecule has 1 heterocycles. The van der Waals surface area contributed by atoms with Gasteiger partial charge in [0, 0.05) is 45.8 Å². The number of nitrogens with zero attached hydrogens (tertiary/aromatic N) is 1. The first-order valence-corrected chi connectivity index (χ1v) is 9.16. The number of hydrogen-bond acceptors (Lipinski definition) is 5. The van der Waals surface area contributed by atoms with Crippen LogP contribution in [0.25, 0.3) is 0 Å². The maximum absolute atomic E-state index is 12.1. The van der Waals surface area contributed by atoms with Crippen molar-refractivity contribution in [3.05, 3.63) is 7.05 Å². The van der Waals surface area contributed by atoms with Crippen LogP contribution in [-0.2, 0) is 51.7 Å². The number of likely N-dealkylation sites (tertiary alicyclic amines) is 1. The van der Waals surface area contributed by atoms with Crippen molar-refractivity contribution in [3.63, 3.8) is 0 Å². The molecule has 1 aliphatic heterocycles. The van der Waals surface area contributed by atoms with Gasteiger partial charge in [-0.15, -0.1) is 0 Å². The summed E-state index contributed by atoms with van der Waals surface area (Å²) in [5, 5.41) is 2.77. The standard InChI is InChI=1S/C18H35N2O4.Y/c1-16(2)17-4-8-20(9-5-17)18(21)6-10-22-12-14-24-15-13-23-11-7-19-3;/h16-17,19H,3-15H2,1-2H3;/q-1;. The second-order valence-corrected chi connectivity index (χ2v) is 6.55. The van der Waals surface area contributed by atoms with E-state index in [0.717, 1.165) is 44.3 Å². The first-order chi connectivity index (χ1) is 11.6. The van der Waals surface area contributed by atoms with Crippen molar-refractivity contribution in [1.29, 1.82) is 0 Å². The average molecular weight is 432 g/mol. The number of nitrogens with one attached hydrogen (secondary N) is 1. The normalized spacial score (nSPS) is 15.4. The number of carbonyl (C=O) groups excluding carboxylic acids is 1. The third kappa shape index (κ3) is 12.4. The molecule has 0 unspecified atom stereocenters. The van der Waals surface area contributed by atoms with Crippen LogP contribution in [0.15, 0.2) is 0 Å². The molecule has 1 rings (SSSR count). The molecule has 145 valence electrons. The van der Waals surface area contributed by atoms with E-state index < -0.39 is 0 Å². The molecule has 0 aliphatic carbocycles. The molecule has 0 aromatic carbocycles. The Balaban J connectivity index is 0.00000576. The molecule has 1 amide bonds. The third-order valence-corrected chi connectivity index (χ3v) is 4.46. The third-order valence-electron chi connectivity index (χ3n) is 4.46. The van der Waals surface area contributed by atoms with E-state index in [4.69, 9.17) is 14.2 Å². The molecular weight excluding hydrogens is 397 g/mol. The van der Waals surface area contributed by atoms with Gasteiger partial charge in [-0.3, -0.25) is 11.8 Å². The van der Waals surface area contributed by atoms with Crippen LogP contribution in [0.4, 0.5) is 0 Å². The summed E-state index contributed by atoms with van der Waals surface area (Å²) in [6, 6.07) is 0. The van der Waals surface area contributed by atoms with Crippen molar-refractivity contribution in [2.24, 2.45) is 11.8 Å². The summed E-state index contributed by atoms with van der Waals surface area (Å²) in [6.07, 6.45) is 2.73. The van der Waals surface area contributed by atoms with Crippen LogP contribution in [0.1, 0.15) is 33.1 Å². The quantitative estimate of drug-likeness (QED) is 0.355. The van der Waals surface area contributed by atoms with Crippen molar-refractivity contribution >= 4 is 5.91 Å². The van der Waals surface area contributed by atoms with E-state index in [9.17, 15) is 4.79 Å². The van der Waals surface area contributed by atoms with E-state index in [-0.39, 0.29) is 38.6 Å². The SMILES string of the molecule is [CH2-]NCCOCCOCCOCCC(=O)N1CCC(C(C)C)CC1.[Y]. The molecule has 1 fully saturated rings. The topological polar surface area (TPSA) is 60.0 Å². The van der Waals surface area contributed by atoms with Crippen LogP contribution in [0.5, 0.6) is 0 Å². The zero-order valence-electron chi connectivity index (χ0n) is 16.0. The van der Waals surface area contributed by atoms with Gasteiger partial charge in [-0.2, -0.15) is 0 Å². The van der Waals surface area contributed by atoms with Gasteiger partial charge in [0.15, 0.2) is 0 Å². The Morgan fingerprint density at radius 3 is 2.08 bits per heavy atom. The van der Waals surface area contributed by atoms with E-state index >= 15 is 0 Å². The molecule has 0 spiro atoms. The minimum Gasteiger partial charge on any atom is -0.471 e. The summed E-state index contributed by atoms with van der Waals surface area (Å²) in [5.74, 6) is 1.70. The second-order valence-electron chi connectivity index (χ2n) is 6.55. The van der Waals surface area contributed by atoms with Crippen LogP contribution in [0.2, 0.25) is 0 Å². The summed E-state index contributed by atoms with van der Waals surface area (Å²) >= 11 is 0. The van der Waals surface area contributed by atoms with Gasteiger partial charge in [-0.25, -0.2) is 0 Å². The fraction of sp³-hybridized carbons (Fsp3) is 0.889. The second kappa shape index (κ2) is 16.6. The first-order valence-electron chi connectivity index (χ1n) is 9.16. The monoisotopic (exact) mass is 432 g/mol. The van der Waals surface area contributed by atoms with Crippen LogP contribution >= 0.6 is 0 Å². The largest absolute Gasteiger partial charge is 0.471 e. The molecule has 6 nitrogen and oxygen atoms in total. The molecule has 0 saturated carbocycles. The zero-order chi connectivity index (χ0) is 17.6. The predicted octanol–water partition coefficient (Wildman–Crippen LogP) is 1.70. The van der Waals surface area contributed by atoms with Crippen molar-refractivity contribution in [1.82, 2.24) is 10.2 Å². The van der Waals surface area contributed by atoms with Gasteiger partial charge in [0.1, 0.15) is 0 Å². The number of carbonyl (C=O) groups is 1. The predicted molar refractivity (Wildman–Crippen MR) is 94.6 cm³/mol. The molecular formula is C18H35N2O4Y-. The van der Waals surface area contributed by atoms with Crippen LogP contribution < -0.4 is 5.32 Å². The van der Waals surface area contributed by atoms with E-state index in [1.165, 1.54) is 0 Å². The molecule has 1 N–H and O–H groups in total. The summed E-state index contributed by atoms with van der Waals surface area (Å²) in [4.78, 5) is 14.1. The summed E-state index contributed by atoms with van der Waals surface area (Å²) in [7, 11) is 3.51. The number of ether oxygens (including phenoxy) is 3. The molecule has 0 aromatic rings. The molecule has 1 aliphatic rings. The Kier molecular flexibility index (Phi) is 16.9. The van der Waals surface area contributed by atoms with Crippen molar-refractivity contribution in [3.8, 4) is 0 Å². The number of piperidine rings is 1. The van der Waals surface area contributed by atoms with Gasteiger partial charge in [0.25, 0.3) is 0 Å². The number of rotatable bonds is 13. The van der Waals surface area contributed by atoms with E-state index in [2.05, 4.69) is 26.2 Å². The van der Waals surface area contributed by atoms with Crippen molar-refractivity contribution in [2.75, 3.05) is 59.3 Å². The molecule has 0 bridgehead atoms. The van der Waals surface area contributed by atoms with Gasteiger partial charge >= 0.3 is 0 Å². The van der Waals surface area contributed by atoms with Gasteiger partial charge in [0.2, 0.25) is 5.91 Å². The Morgan fingerprint density at radius 1 is 1.04 bits per heavy atom. The maximum atomic E-state index is 12.1.